The number of rotatable bonds is 2. The third-order valence-corrected chi connectivity index (χ3v) is 5.14. The lowest BCUT2D eigenvalue weighted by atomic mass is 9.92. The lowest BCUT2D eigenvalue weighted by molar-refractivity contribution is 0.356. The van der Waals surface area contributed by atoms with Crippen molar-refractivity contribution in [1.29, 1.82) is 0 Å². The molecule has 0 bridgehead atoms. The van der Waals surface area contributed by atoms with Gasteiger partial charge in [0.05, 0.1) is 17.3 Å². The lowest BCUT2D eigenvalue weighted by Gasteiger charge is -2.35. The van der Waals surface area contributed by atoms with Crippen LogP contribution in [0.2, 0.25) is 5.02 Å². The van der Waals surface area contributed by atoms with Crippen molar-refractivity contribution in [3.05, 3.63) is 41.3 Å². The molecule has 3 heterocycles. The molecule has 0 radical (unpaired) electrons. The maximum Gasteiger partial charge on any atom is 0.168 e. The maximum atomic E-state index is 6.09. The first-order valence-corrected chi connectivity index (χ1v) is 9.11. The zero-order valence-corrected chi connectivity index (χ0v) is 15.5. The Hall–Kier alpha value is -2.14. The van der Waals surface area contributed by atoms with Crippen molar-refractivity contribution in [3.63, 3.8) is 0 Å². The van der Waals surface area contributed by atoms with Crippen molar-refractivity contribution in [2.24, 2.45) is 11.8 Å². The summed E-state index contributed by atoms with van der Waals surface area (Å²) in [5, 5.41) is 6.32. The van der Waals surface area contributed by atoms with Gasteiger partial charge in [0.2, 0.25) is 0 Å². The molecule has 0 saturated carbocycles. The molecular formula is C19H22ClN5. The monoisotopic (exact) mass is 355 g/mol. The average Bonchev–Trinajstić information content (AvgIpc) is 2.98. The molecule has 1 aromatic carbocycles. The number of aryl methyl sites for hydroxylation is 1. The summed E-state index contributed by atoms with van der Waals surface area (Å²) in [7, 11) is 0. The van der Waals surface area contributed by atoms with E-state index in [9.17, 15) is 0 Å². The second-order valence-electron chi connectivity index (χ2n) is 7.27. The largest absolute Gasteiger partial charge is 0.355 e. The van der Waals surface area contributed by atoms with E-state index in [2.05, 4.69) is 33.8 Å². The molecule has 1 aliphatic heterocycles. The molecule has 2 aromatic heterocycles. The SMILES string of the molecule is Cc1cc(Cl)ccc1-n1ncc2c(N3C[C@H](C)C[C@@H](C)C3)ncnc21. The molecule has 2 atom stereocenters. The number of hydrogen-bond donors (Lipinski definition) is 0. The Kier molecular flexibility index (Phi) is 4.12. The predicted molar refractivity (Wildman–Crippen MR) is 102 cm³/mol. The molecule has 0 N–H and O–H groups in total. The summed E-state index contributed by atoms with van der Waals surface area (Å²) in [6, 6.07) is 5.81. The summed E-state index contributed by atoms with van der Waals surface area (Å²) in [6.07, 6.45) is 4.79. The Balaban J connectivity index is 1.81. The first-order chi connectivity index (χ1) is 12.0. The third kappa shape index (κ3) is 2.97. The maximum absolute atomic E-state index is 6.09. The van der Waals surface area contributed by atoms with E-state index in [1.165, 1.54) is 6.42 Å². The van der Waals surface area contributed by atoms with Gasteiger partial charge in [-0.2, -0.15) is 5.10 Å². The topological polar surface area (TPSA) is 46.8 Å². The van der Waals surface area contributed by atoms with Crippen LogP contribution in [-0.4, -0.2) is 32.8 Å². The standard InChI is InChI=1S/C19H22ClN5/c1-12-6-13(2)10-24(9-12)18-16-8-23-25(19(16)22-11-21-18)17-5-4-15(20)7-14(17)3/h4-5,7-8,11-13H,6,9-10H2,1-3H3/t12-,13-/m1/s1. The molecule has 0 amide bonds. The highest BCUT2D eigenvalue weighted by Gasteiger charge is 2.25. The van der Waals surface area contributed by atoms with Gasteiger partial charge in [0, 0.05) is 18.1 Å². The van der Waals surface area contributed by atoms with Crippen molar-refractivity contribution < 1.29 is 0 Å². The van der Waals surface area contributed by atoms with E-state index in [0.717, 1.165) is 46.2 Å². The van der Waals surface area contributed by atoms with Crippen LogP contribution >= 0.6 is 11.6 Å². The van der Waals surface area contributed by atoms with Crippen LogP contribution in [0.3, 0.4) is 0 Å². The van der Waals surface area contributed by atoms with E-state index in [0.29, 0.717) is 11.8 Å². The van der Waals surface area contributed by atoms with Crippen molar-refractivity contribution in [2.45, 2.75) is 27.2 Å². The lowest BCUT2D eigenvalue weighted by Crippen LogP contribution is -2.39. The number of benzene rings is 1. The fraction of sp³-hybridized carbons (Fsp3) is 0.421. The summed E-state index contributed by atoms with van der Waals surface area (Å²) in [5.41, 5.74) is 2.89. The Morgan fingerprint density at radius 1 is 1.12 bits per heavy atom. The number of piperidine rings is 1. The molecule has 6 heteroatoms. The van der Waals surface area contributed by atoms with E-state index in [4.69, 9.17) is 11.6 Å². The predicted octanol–water partition coefficient (Wildman–Crippen LogP) is 4.26. The van der Waals surface area contributed by atoms with Gasteiger partial charge < -0.3 is 4.90 Å². The van der Waals surface area contributed by atoms with Crippen LogP contribution in [0.5, 0.6) is 0 Å². The van der Waals surface area contributed by atoms with Gasteiger partial charge in [-0.05, 0) is 48.9 Å². The van der Waals surface area contributed by atoms with Crippen LogP contribution in [-0.2, 0) is 0 Å². The third-order valence-electron chi connectivity index (χ3n) is 4.90. The highest BCUT2D eigenvalue weighted by atomic mass is 35.5. The number of hydrogen-bond acceptors (Lipinski definition) is 4. The Bertz CT molecular complexity index is 909. The second kappa shape index (κ2) is 6.30. The summed E-state index contributed by atoms with van der Waals surface area (Å²) in [5.74, 6) is 2.32. The Morgan fingerprint density at radius 2 is 1.88 bits per heavy atom. The van der Waals surface area contributed by atoms with Crippen LogP contribution < -0.4 is 4.90 Å². The number of fused-ring (bicyclic) bond motifs is 1. The Morgan fingerprint density at radius 3 is 2.60 bits per heavy atom. The molecule has 0 aliphatic carbocycles. The van der Waals surface area contributed by atoms with Crippen molar-refractivity contribution in [1.82, 2.24) is 19.7 Å². The fourth-order valence-electron chi connectivity index (χ4n) is 3.95. The minimum absolute atomic E-state index is 0.669. The molecule has 0 unspecified atom stereocenters. The molecule has 130 valence electrons. The fourth-order valence-corrected chi connectivity index (χ4v) is 4.18. The molecule has 0 spiro atoms. The van der Waals surface area contributed by atoms with Gasteiger partial charge >= 0.3 is 0 Å². The van der Waals surface area contributed by atoms with Crippen LogP contribution in [0.15, 0.2) is 30.7 Å². The number of anilines is 1. The van der Waals surface area contributed by atoms with E-state index >= 15 is 0 Å². The molecule has 4 rings (SSSR count). The van der Waals surface area contributed by atoms with E-state index < -0.39 is 0 Å². The van der Waals surface area contributed by atoms with Gasteiger partial charge in [0.15, 0.2) is 5.65 Å². The van der Waals surface area contributed by atoms with Gasteiger partial charge in [-0.1, -0.05) is 25.4 Å². The summed E-state index contributed by atoms with van der Waals surface area (Å²) in [6.45, 7) is 8.71. The van der Waals surface area contributed by atoms with Gasteiger partial charge in [-0.25, -0.2) is 14.6 Å². The number of aromatic nitrogens is 4. The normalized spacial score (nSPS) is 21.0. The van der Waals surface area contributed by atoms with Crippen molar-refractivity contribution in [2.75, 3.05) is 18.0 Å². The van der Waals surface area contributed by atoms with E-state index in [-0.39, 0.29) is 0 Å². The molecule has 1 aliphatic rings. The molecular weight excluding hydrogens is 334 g/mol. The van der Waals surface area contributed by atoms with Gasteiger partial charge in [-0.3, -0.25) is 0 Å². The summed E-state index contributed by atoms with van der Waals surface area (Å²) >= 11 is 6.09. The number of nitrogens with zero attached hydrogens (tertiary/aromatic N) is 5. The highest BCUT2D eigenvalue weighted by molar-refractivity contribution is 6.30. The summed E-state index contributed by atoms with van der Waals surface area (Å²) < 4.78 is 1.88. The van der Waals surface area contributed by atoms with Crippen molar-refractivity contribution in [3.8, 4) is 5.69 Å². The van der Waals surface area contributed by atoms with Crippen LogP contribution in [0, 0.1) is 18.8 Å². The van der Waals surface area contributed by atoms with Crippen molar-refractivity contribution >= 4 is 28.5 Å². The first-order valence-electron chi connectivity index (χ1n) is 8.73. The number of halogens is 1. The zero-order chi connectivity index (χ0) is 17.6. The van der Waals surface area contributed by atoms with E-state index in [1.54, 1.807) is 6.33 Å². The van der Waals surface area contributed by atoms with Gasteiger partial charge in [-0.15, -0.1) is 0 Å². The molecule has 3 aromatic rings. The van der Waals surface area contributed by atoms with Gasteiger partial charge in [0.25, 0.3) is 0 Å². The van der Waals surface area contributed by atoms with E-state index in [1.807, 2.05) is 36.0 Å². The Labute approximate surface area is 152 Å². The second-order valence-corrected chi connectivity index (χ2v) is 7.71. The minimum Gasteiger partial charge on any atom is -0.355 e. The quantitative estimate of drug-likeness (QED) is 0.689. The molecule has 5 nitrogen and oxygen atoms in total. The minimum atomic E-state index is 0.669. The summed E-state index contributed by atoms with van der Waals surface area (Å²) in [4.78, 5) is 11.5. The van der Waals surface area contributed by atoms with Crippen LogP contribution in [0.1, 0.15) is 25.8 Å². The smallest absolute Gasteiger partial charge is 0.168 e. The van der Waals surface area contributed by atoms with Crippen LogP contribution in [0.25, 0.3) is 16.7 Å². The zero-order valence-electron chi connectivity index (χ0n) is 14.8. The van der Waals surface area contributed by atoms with Crippen LogP contribution in [0.4, 0.5) is 5.82 Å². The first kappa shape index (κ1) is 16.3. The molecule has 1 fully saturated rings. The van der Waals surface area contributed by atoms with Gasteiger partial charge in [0.1, 0.15) is 12.1 Å². The highest BCUT2D eigenvalue weighted by Crippen LogP contribution is 2.30. The average molecular weight is 356 g/mol. The molecule has 25 heavy (non-hydrogen) atoms. The molecule has 1 saturated heterocycles.